The van der Waals surface area contributed by atoms with E-state index in [2.05, 4.69) is 20.8 Å². The van der Waals surface area contributed by atoms with Gasteiger partial charge in [0.15, 0.2) is 0 Å². The van der Waals surface area contributed by atoms with Crippen LogP contribution in [-0.4, -0.2) is 6.54 Å². The Morgan fingerprint density at radius 1 is 1.14 bits per heavy atom. The van der Waals surface area contributed by atoms with Crippen LogP contribution in [0.2, 0.25) is 0 Å². The van der Waals surface area contributed by atoms with E-state index in [0.717, 1.165) is 13.0 Å². The molecule has 0 atom stereocenters. The van der Waals surface area contributed by atoms with Gasteiger partial charge in [0.25, 0.3) is 0 Å². The maximum atomic E-state index is 5.03. The molecule has 0 aliphatic heterocycles. The largest absolute Gasteiger partial charge is 0.330 e. The van der Waals surface area contributed by atoms with Crippen molar-refractivity contribution < 1.29 is 0 Å². The molecule has 0 amide bonds. The molecule has 0 aliphatic carbocycles. The lowest BCUT2D eigenvalue weighted by Crippen LogP contribution is -1.93. The molecule has 0 saturated carbocycles. The lowest BCUT2D eigenvalue weighted by atomic mass is 10.5. The molecule has 2 N–H and O–H groups in total. The minimum atomic E-state index is 0.819. The van der Waals surface area contributed by atoms with Crippen molar-refractivity contribution in [2.24, 2.45) is 5.73 Å². The van der Waals surface area contributed by atoms with E-state index in [1.807, 2.05) is 0 Å². The third-order valence-corrected chi connectivity index (χ3v) is 0.289. The molecule has 0 saturated heterocycles. The molecule has 0 aromatic rings. The summed E-state index contributed by atoms with van der Waals surface area (Å²) in [7, 11) is 0. The summed E-state index contributed by atoms with van der Waals surface area (Å²) in [5.74, 6) is 0. The summed E-state index contributed by atoms with van der Waals surface area (Å²) < 4.78 is 0. The second kappa shape index (κ2) is 16.7. The van der Waals surface area contributed by atoms with Gasteiger partial charge in [0.1, 0.15) is 0 Å². The zero-order valence-corrected chi connectivity index (χ0v) is 5.70. The average molecular weight is 103 g/mol. The van der Waals surface area contributed by atoms with Crippen LogP contribution in [0.4, 0.5) is 0 Å². The van der Waals surface area contributed by atoms with Crippen molar-refractivity contribution >= 4 is 0 Å². The predicted octanol–water partition coefficient (Wildman–Crippen LogP) is 1.77. The van der Waals surface area contributed by atoms with Gasteiger partial charge in [-0.25, -0.2) is 0 Å². The van der Waals surface area contributed by atoms with Gasteiger partial charge in [0.05, 0.1) is 0 Å². The fraction of sp³-hybridized carbons (Fsp3) is 1.00. The number of hydrogen-bond donors (Lipinski definition) is 1. The number of nitrogens with two attached hydrogens (primary N) is 1. The lowest BCUT2D eigenvalue weighted by molar-refractivity contribution is 0.932. The van der Waals surface area contributed by atoms with E-state index in [1.54, 1.807) is 0 Å². The molecule has 1 nitrogen and oxygen atoms in total. The zero-order chi connectivity index (χ0) is 6.12. The quantitative estimate of drug-likeness (QED) is 0.537. The highest BCUT2D eigenvalue weighted by Gasteiger charge is 1.55. The molecule has 0 heterocycles. The molecule has 0 aromatic heterocycles. The Hall–Kier alpha value is -0.0400. The summed E-state index contributed by atoms with van der Waals surface area (Å²) in [6.45, 7) is 7.12. The highest BCUT2D eigenvalue weighted by atomic mass is 14.5. The molecule has 1 heteroatoms. The van der Waals surface area contributed by atoms with Crippen molar-refractivity contribution in [3.05, 3.63) is 0 Å². The second-order valence-electron chi connectivity index (χ2n) is 1.50. The van der Waals surface area contributed by atoms with E-state index in [0.29, 0.717) is 0 Å². The van der Waals surface area contributed by atoms with E-state index < -0.39 is 0 Å². The molecule has 0 fully saturated rings. The fourth-order valence-corrected chi connectivity index (χ4v) is 0. The molecule has 0 unspecified atom stereocenters. The Morgan fingerprint density at radius 3 is 1.29 bits per heavy atom. The fourth-order valence-electron chi connectivity index (χ4n) is 0. The van der Waals surface area contributed by atoms with Gasteiger partial charge in [-0.15, -0.1) is 0 Å². The number of hydrogen-bond acceptors (Lipinski definition) is 1. The van der Waals surface area contributed by atoms with Crippen LogP contribution in [0.15, 0.2) is 0 Å². The first kappa shape index (κ1) is 10.0. The summed E-state index contributed by atoms with van der Waals surface area (Å²) >= 11 is 0. The van der Waals surface area contributed by atoms with E-state index in [4.69, 9.17) is 5.73 Å². The predicted molar refractivity (Wildman–Crippen MR) is 35.3 cm³/mol. The van der Waals surface area contributed by atoms with Crippen LogP contribution in [0.5, 0.6) is 0 Å². The Balaban J connectivity index is 0. The summed E-state index contributed by atoms with van der Waals surface area (Å²) in [4.78, 5) is 0. The van der Waals surface area contributed by atoms with Gasteiger partial charge in [-0.05, 0) is 13.0 Å². The van der Waals surface area contributed by atoms with Gasteiger partial charge in [-0.1, -0.05) is 27.2 Å². The van der Waals surface area contributed by atoms with Crippen molar-refractivity contribution in [3.8, 4) is 0 Å². The molecule has 46 valence electrons. The standard InChI is InChI=1S/C3H9N.C3H8/c1-2-3-4;1-3-2/h2-4H2,1H3;3H2,1-2H3. The van der Waals surface area contributed by atoms with Gasteiger partial charge in [0, 0.05) is 0 Å². The molecular formula is C6H17N. The van der Waals surface area contributed by atoms with Crippen molar-refractivity contribution in [1.29, 1.82) is 0 Å². The highest BCUT2D eigenvalue weighted by molar-refractivity contribution is 4.19. The Bertz CT molecular complexity index is 11.7. The SMILES string of the molecule is CCC.CCCN. The van der Waals surface area contributed by atoms with Crippen molar-refractivity contribution in [1.82, 2.24) is 0 Å². The average Bonchev–Trinajstić information content (AvgIpc) is 1.69. The normalized spacial score (nSPS) is 6.86. The van der Waals surface area contributed by atoms with Gasteiger partial charge in [-0.3, -0.25) is 0 Å². The van der Waals surface area contributed by atoms with Crippen LogP contribution in [0, 0.1) is 0 Å². The molecule has 0 aliphatic rings. The molecule has 0 radical (unpaired) electrons. The second-order valence-corrected chi connectivity index (χ2v) is 1.50. The Kier molecular flexibility index (Phi) is 24.0. The highest BCUT2D eigenvalue weighted by Crippen LogP contribution is 1.57. The molecule has 7 heavy (non-hydrogen) atoms. The monoisotopic (exact) mass is 103 g/mol. The van der Waals surface area contributed by atoms with E-state index >= 15 is 0 Å². The van der Waals surface area contributed by atoms with E-state index in [-0.39, 0.29) is 0 Å². The van der Waals surface area contributed by atoms with Crippen LogP contribution in [0.3, 0.4) is 0 Å². The topological polar surface area (TPSA) is 26.0 Å². The van der Waals surface area contributed by atoms with Crippen molar-refractivity contribution in [3.63, 3.8) is 0 Å². The maximum absolute atomic E-state index is 5.03. The summed E-state index contributed by atoms with van der Waals surface area (Å²) in [6.07, 6.45) is 2.35. The van der Waals surface area contributed by atoms with Crippen molar-refractivity contribution in [2.45, 2.75) is 33.6 Å². The molecular weight excluding hydrogens is 86.1 g/mol. The van der Waals surface area contributed by atoms with E-state index in [9.17, 15) is 0 Å². The van der Waals surface area contributed by atoms with Gasteiger partial charge in [0.2, 0.25) is 0 Å². The third-order valence-electron chi connectivity index (χ3n) is 0.289. The van der Waals surface area contributed by atoms with Crippen LogP contribution >= 0.6 is 0 Å². The lowest BCUT2D eigenvalue weighted by Gasteiger charge is -1.70. The maximum Gasteiger partial charge on any atom is -0.00799 e. The third kappa shape index (κ3) is 101. The number of rotatable bonds is 1. The smallest absolute Gasteiger partial charge is 0.00799 e. The van der Waals surface area contributed by atoms with Gasteiger partial charge in [-0.2, -0.15) is 0 Å². The minimum absolute atomic E-state index is 0.819. The Morgan fingerprint density at radius 2 is 1.29 bits per heavy atom. The van der Waals surface area contributed by atoms with Gasteiger partial charge >= 0.3 is 0 Å². The summed E-state index contributed by atoms with van der Waals surface area (Å²) in [5.41, 5.74) is 5.03. The molecule has 0 bridgehead atoms. The van der Waals surface area contributed by atoms with Crippen molar-refractivity contribution in [2.75, 3.05) is 6.54 Å². The van der Waals surface area contributed by atoms with Crippen LogP contribution < -0.4 is 5.73 Å². The van der Waals surface area contributed by atoms with Crippen LogP contribution in [0.25, 0.3) is 0 Å². The summed E-state index contributed by atoms with van der Waals surface area (Å²) in [6, 6.07) is 0. The van der Waals surface area contributed by atoms with Crippen LogP contribution in [-0.2, 0) is 0 Å². The molecule has 0 aromatic carbocycles. The van der Waals surface area contributed by atoms with Crippen LogP contribution in [0.1, 0.15) is 33.6 Å². The minimum Gasteiger partial charge on any atom is -0.330 e. The molecule has 0 rings (SSSR count). The first-order valence-corrected chi connectivity index (χ1v) is 3.03. The van der Waals surface area contributed by atoms with E-state index in [1.165, 1.54) is 6.42 Å². The Labute approximate surface area is 46.9 Å². The first-order chi connectivity index (χ1) is 3.33. The first-order valence-electron chi connectivity index (χ1n) is 3.03. The zero-order valence-electron chi connectivity index (χ0n) is 5.70. The summed E-state index contributed by atoms with van der Waals surface area (Å²) in [5, 5.41) is 0. The molecule has 0 spiro atoms. The van der Waals surface area contributed by atoms with Gasteiger partial charge < -0.3 is 5.73 Å².